The number of hydrogen-bond donors (Lipinski definition) is 0. The van der Waals surface area contributed by atoms with E-state index in [2.05, 4.69) is 276 Å². The molecule has 344 valence electrons. The molecular formula is C71H44N2O. The highest BCUT2D eigenvalue weighted by molar-refractivity contribution is 6.14. The molecule has 0 saturated carbocycles. The van der Waals surface area contributed by atoms with Crippen molar-refractivity contribution in [2.75, 3.05) is 4.90 Å². The summed E-state index contributed by atoms with van der Waals surface area (Å²) < 4.78 is 9.38. The van der Waals surface area contributed by atoms with Crippen LogP contribution in [0.4, 0.5) is 17.1 Å². The normalized spacial score (nSPS) is 13.0. The molecule has 2 heterocycles. The van der Waals surface area contributed by atoms with Crippen LogP contribution in [0.1, 0.15) is 22.3 Å². The highest BCUT2D eigenvalue weighted by Crippen LogP contribution is 2.63. The quantitative estimate of drug-likeness (QED) is 0.166. The van der Waals surface area contributed by atoms with E-state index in [9.17, 15) is 0 Å². The third-order valence-electron chi connectivity index (χ3n) is 16.2. The Morgan fingerprint density at radius 3 is 1.50 bits per heavy atom. The number of anilines is 3. The predicted molar refractivity (Wildman–Crippen MR) is 307 cm³/mol. The zero-order valence-corrected chi connectivity index (χ0v) is 40.2. The lowest BCUT2D eigenvalue weighted by Gasteiger charge is -2.32. The average molecular weight is 941 g/mol. The molecule has 0 saturated heterocycles. The summed E-state index contributed by atoms with van der Waals surface area (Å²) in [7, 11) is 0. The second kappa shape index (κ2) is 15.6. The molecule has 0 aliphatic heterocycles. The van der Waals surface area contributed by atoms with Gasteiger partial charge in [0.2, 0.25) is 0 Å². The van der Waals surface area contributed by atoms with Gasteiger partial charge in [0.25, 0.3) is 0 Å². The minimum Gasteiger partial charge on any atom is -0.455 e. The van der Waals surface area contributed by atoms with Gasteiger partial charge in [-0.2, -0.15) is 0 Å². The lowest BCUT2D eigenvalue weighted by atomic mass is 9.70. The number of nitrogens with zero attached hydrogens (tertiary/aromatic N) is 2. The maximum Gasteiger partial charge on any atom is 0.143 e. The molecule has 0 bridgehead atoms. The van der Waals surface area contributed by atoms with Gasteiger partial charge < -0.3 is 13.9 Å². The number of benzene rings is 12. The van der Waals surface area contributed by atoms with Crippen LogP contribution in [0.3, 0.4) is 0 Å². The highest BCUT2D eigenvalue weighted by atomic mass is 16.3. The van der Waals surface area contributed by atoms with E-state index < -0.39 is 5.41 Å². The lowest BCUT2D eigenvalue weighted by molar-refractivity contribution is 0.670. The molecule has 0 N–H and O–H groups in total. The first-order valence-corrected chi connectivity index (χ1v) is 25.6. The summed E-state index contributed by atoms with van der Waals surface area (Å²) in [6, 6.07) is 98.3. The number of fused-ring (bicyclic) bond motifs is 17. The van der Waals surface area contributed by atoms with Crippen LogP contribution in [-0.4, -0.2) is 4.57 Å². The van der Waals surface area contributed by atoms with Crippen LogP contribution >= 0.6 is 0 Å². The Morgan fingerprint density at radius 2 is 0.824 bits per heavy atom. The van der Waals surface area contributed by atoms with E-state index in [0.717, 1.165) is 72.3 Å². The molecule has 3 nitrogen and oxygen atoms in total. The first-order valence-electron chi connectivity index (χ1n) is 25.6. The van der Waals surface area contributed by atoms with Gasteiger partial charge in [-0.1, -0.05) is 206 Å². The van der Waals surface area contributed by atoms with Crippen LogP contribution in [-0.2, 0) is 5.41 Å². The third kappa shape index (κ3) is 5.66. The zero-order chi connectivity index (χ0) is 48.5. The van der Waals surface area contributed by atoms with E-state index in [1.807, 2.05) is 0 Å². The van der Waals surface area contributed by atoms with Gasteiger partial charge in [0.05, 0.1) is 27.8 Å². The maximum absolute atomic E-state index is 6.96. The second-order valence-corrected chi connectivity index (χ2v) is 19.9. The van der Waals surface area contributed by atoms with Crippen molar-refractivity contribution in [3.63, 3.8) is 0 Å². The summed E-state index contributed by atoms with van der Waals surface area (Å²) in [6.07, 6.45) is 0. The number of hydrogen-bond acceptors (Lipinski definition) is 2. The number of furan rings is 1. The van der Waals surface area contributed by atoms with E-state index in [4.69, 9.17) is 4.42 Å². The molecule has 0 unspecified atom stereocenters. The summed E-state index contributed by atoms with van der Waals surface area (Å²) in [5, 5.41) is 7.08. The molecule has 0 amide bonds. The number of aromatic nitrogens is 1. The lowest BCUT2D eigenvalue weighted by Crippen LogP contribution is -2.26. The predicted octanol–water partition coefficient (Wildman–Crippen LogP) is 19.0. The fraction of sp³-hybridized carbons (Fsp3) is 0.0141. The summed E-state index contributed by atoms with van der Waals surface area (Å²) >= 11 is 0. The molecule has 74 heavy (non-hydrogen) atoms. The molecule has 16 rings (SSSR count). The molecule has 2 aliphatic carbocycles. The first-order chi connectivity index (χ1) is 36.7. The molecule has 14 aromatic rings. The molecule has 0 atom stereocenters. The van der Waals surface area contributed by atoms with E-state index in [-0.39, 0.29) is 0 Å². The fourth-order valence-electron chi connectivity index (χ4n) is 13.1. The Bertz CT molecular complexity index is 4510. The molecular weight excluding hydrogens is 897 g/mol. The van der Waals surface area contributed by atoms with E-state index >= 15 is 0 Å². The summed E-state index contributed by atoms with van der Waals surface area (Å²) in [5.41, 5.74) is 22.8. The largest absolute Gasteiger partial charge is 0.455 e. The van der Waals surface area contributed by atoms with Gasteiger partial charge in [-0.3, -0.25) is 0 Å². The van der Waals surface area contributed by atoms with Crippen molar-refractivity contribution in [1.82, 2.24) is 4.57 Å². The SMILES string of the molecule is c1ccc(N(c2ccc(-c3ccccc3-n3c4ccccc4c4ccccc43)cc2)c2ccc3c(c2)C2(c4ccccc4-c4ccccc42)c2ccccc2-3)c(-c2cccc3c2oc2cc4ccccc4cc23)c1. The molecule has 2 aliphatic rings. The zero-order valence-electron chi connectivity index (χ0n) is 40.2. The van der Waals surface area contributed by atoms with Crippen LogP contribution in [0, 0.1) is 0 Å². The minimum atomic E-state index is -0.496. The van der Waals surface area contributed by atoms with Gasteiger partial charge in [-0.25, -0.2) is 0 Å². The van der Waals surface area contributed by atoms with Crippen LogP contribution < -0.4 is 4.90 Å². The minimum absolute atomic E-state index is 0.496. The van der Waals surface area contributed by atoms with Gasteiger partial charge in [0.15, 0.2) is 0 Å². The summed E-state index contributed by atoms with van der Waals surface area (Å²) in [6.45, 7) is 0. The standard InChI is InChI=1S/C71H44N2O/c1-2-19-47-43-69-60(42-46(47)18-1)59-28-17-27-58(70(59)74-69)57-26-9-14-33-66(57)72(48-38-36-45(37-39-48)50-20-6-13-32-65(50)73-67-34-15-7-24-55(67)56-25-8-16-35-68(56)73)49-40-41-54-53-23-5-12-31-63(53)71(64(54)44-49)61-29-10-3-21-51(61)52-22-4-11-30-62(52)71/h1-44H. The van der Waals surface area contributed by atoms with Gasteiger partial charge in [-0.05, 0) is 122 Å². The second-order valence-electron chi connectivity index (χ2n) is 19.9. The Labute approximate surface area is 428 Å². The number of para-hydroxylation sites is 5. The van der Waals surface area contributed by atoms with Crippen molar-refractivity contribution in [3.05, 3.63) is 289 Å². The molecule has 12 aromatic carbocycles. The molecule has 2 aromatic heterocycles. The van der Waals surface area contributed by atoms with Crippen molar-refractivity contribution < 1.29 is 4.42 Å². The Morgan fingerprint density at radius 1 is 0.324 bits per heavy atom. The van der Waals surface area contributed by atoms with E-state index in [0.29, 0.717) is 0 Å². The van der Waals surface area contributed by atoms with Gasteiger partial charge in [-0.15, -0.1) is 0 Å². The van der Waals surface area contributed by atoms with Gasteiger partial charge >= 0.3 is 0 Å². The Hall–Kier alpha value is -9.70. The molecule has 0 radical (unpaired) electrons. The van der Waals surface area contributed by atoms with Gasteiger partial charge in [0.1, 0.15) is 11.2 Å². The molecule has 1 spiro atoms. The van der Waals surface area contributed by atoms with Crippen LogP contribution in [0.5, 0.6) is 0 Å². The summed E-state index contributed by atoms with van der Waals surface area (Å²) in [5.74, 6) is 0. The molecule has 0 fully saturated rings. The smallest absolute Gasteiger partial charge is 0.143 e. The summed E-state index contributed by atoms with van der Waals surface area (Å²) in [4.78, 5) is 2.47. The van der Waals surface area contributed by atoms with Gasteiger partial charge in [0, 0.05) is 49.6 Å². The molecule has 3 heteroatoms. The van der Waals surface area contributed by atoms with Crippen LogP contribution in [0.15, 0.2) is 271 Å². The topological polar surface area (TPSA) is 21.3 Å². The van der Waals surface area contributed by atoms with E-state index in [1.54, 1.807) is 0 Å². The average Bonchev–Trinajstić information content (AvgIpc) is 4.19. The Balaban J connectivity index is 0.922. The van der Waals surface area contributed by atoms with Crippen molar-refractivity contribution in [2.45, 2.75) is 5.41 Å². The first kappa shape index (κ1) is 41.0. The maximum atomic E-state index is 6.96. The van der Waals surface area contributed by atoms with Crippen LogP contribution in [0.25, 0.3) is 105 Å². The number of rotatable bonds is 6. The van der Waals surface area contributed by atoms with Crippen molar-refractivity contribution in [2.24, 2.45) is 0 Å². The van der Waals surface area contributed by atoms with Crippen molar-refractivity contribution in [3.8, 4) is 50.2 Å². The highest BCUT2D eigenvalue weighted by Gasteiger charge is 2.51. The van der Waals surface area contributed by atoms with Crippen LogP contribution in [0.2, 0.25) is 0 Å². The monoisotopic (exact) mass is 940 g/mol. The van der Waals surface area contributed by atoms with Crippen molar-refractivity contribution >= 4 is 71.6 Å². The Kier molecular flexibility index (Phi) is 8.66. The van der Waals surface area contributed by atoms with E-state index in [1.165, 1.54) is 71.7 Å². The third-order valence-corrected chi connectivity index (χ3v) is 16.2. The fourth-order valence-corrected chi connectivity index (χ4v) is 13.1. The van der Waals surface area contributed by atoms with Crippen molar-refractivity contribution in [1.29, 1.82) is 0 Å².